The highest BCUT2D eigenvalue weighted by Crippen LogP contribution is 2.31. The number of hydrogen-bond donors (Lipinski definition) is 2. The Bertz CT molecular complexity index is 1180. The summed E-state index contributed by atoms with van der Waals surface area (Å²) in [4.78, 5) is 51.5. The van der Waals surface area contributed by atoms with E-state index in [-0.39, 0.29) is 19.2 Å². The molecule has 1 aliphatic rings. The summed E-state index contributed by atoms with van der Waals surface area (Å²) in [5, 5.41) is 11.9. The summed E-state index contributed by atoms with van der Waals surface area (Å²) in [6, 6.07) is -0.938. The Morgan fingerprint density at radius 1 is 1.27 bits per heavy atom. The second-order valence-electron chi connectivity index (χ2n) is 9.07. The lowest BCUT2D eigenvalue weighted by Crippen LogP contribution is -2.58. The van der Waals surface area contributed by atoms with Crippen molar-refractivity contribution in [1.29, 1.82) is 0 Å². The Hall–Kier alpha value is -2.86. The Labute approximate surface area is 194 Å². The third kappa shape index (κ3) is 4.62. The first-order valence-electron chi connectivity index (χ1n) is 10.9. The van der Waals surface area contributed by atoms with Crippen molar-refractivity contribution in [2.75, 3.05) is 6.61 Å². The van der Waals surface area contributed by atoms with Gasteiger partial charge in [0.05, 0.1) is 30.1 Å². The molecule has 2 aromatic heterocycles. The molecule has 0 bridgehead atoms. The molecule has 12 heteroatoms. The molecule has 3 N–H and O–H groups in total. The quantitative estimate of drug-likeness (QED) is 0.628. The fraction of sp³-hybridized carbons (Fsp3) is 0.619. The molecule has 0 saturated carbocycles. The van der Waals surface area contributed by atoms with Gasteiger partial charge in [0.1, 0.15) is 4.83 Å². The van der Waals surface area contributed by atoms with Crippen LogP contribution in [-0.2, 0) is 24.4 Å². The number of carbonyl (C=O) groups excluding carboxylic acids is 1. The average Bonchev–Trinajstić information content (AvgIpc) is 3.32. The maximum absolute atomic E-state index is 13.1. The van der Waals surface area contributed by atoms with Crippen molar-refractivity contribution < 1.29 is 19.4 Å². The summed E-state index contributed by atoms with van der Waals surface area (Å²) >= 11 is 1.19. The van der Waals surface area contributed by atoms with Crippen LogP contribution in [0, 0.1) is 6.92 Å². The molecular weight excluding hydrogens is 450 g/mol. The molecular formula is C21H31N5O6S. The lowest BCUT2D eigenvalue weighted by molar-refractivity contribution is -0.0374. The molecule has 0 radical (unpaired) electrons. The summed E-state index contributed by atoms with van der Waals surface area (Å²) in [5.74, 6) is 0. The van der Waals surface area contributed by atoms with Gasteiger partial charge in [0.2, 0.25) is 0 Å². The van der Waals surface area contributed by atoms with E-state index in [0.717, 1.165) is 22.9 Å². The molecule has 3 heterocycles. The molecule has 0 aliphatic carbocycles. The van der Waals surface area contributed by atoms with E-state index in [9.17, 15) is 24.3 Å². The number of thiophene rings is 1. The maximum atomic E-state index is 13.1. The minimum absolute atomic E-state index is 0.120. The van der Waals surface area contributed by atoms with Crippen LogP contribution in [0.2, 0.25) is 0 Å². The van der Waals surface area contributed by atoms with E-state index in [2.05, 4.69) is 0 Å². The predicted octanol–water partition coefficient (Wildman–Crippen LogP) is 2.31. The van der Waals surface area contributed by atoms with Gasteiger partial charge in [0.15, 0.2) is 0 Å². The zero-order chi connectivity index (χ0) is 24.7. The topological polar surface area (TPSA) is 140 Å². The average molecular weight is 482 g/mol. The third-order valence-corrected chi connectivity index (χ3v) is 7.02. The van der Waals surface area contributed by atoms with Crippen molar-refractivity contribution in [1.82, 2.24) is 19.2 Å². The lowest BCUT2D eigenvalue weighted by Gasteiger charge is -2.40. The fourth-order valence-corrected chi connectivity index (χ4v) is 5.44. The first kappa shape index (κ1) is 24.8. The minimum Gasteiger partial charge on any atom is -0.464 e. The van der Waals surface area contributed by atoms with Gasteiger partial charge in [-0.15, -0.1) is 11.3 Å². The van der Waals surface area contributed by atoms with Gasteiger partial charge < -0.3 is 15.6 Å². The smallest absolute Gasteiger partial charge is 0.426 e. The number of nitrogens with two attached hydrogens (primary N) is 1. The van der Waals surface area contributed by atoms with Crippen molar-refractivity contribution in [3.05, 3.63) is 31.3 Å². The van der Waals surface area contributed by atoms with Crippen molar-refractivity contribution in [3.8, 4) is 0 Å². The van der Waals surface area contributed by atoms with Crippen molar-refractivity contribution in [2.24, 2.45) is 5.73 Å². The van der Waals surface area contributed by atoms with E-state index in [0.29, 0.717) is 33.8 Å². The van der Waals surface area contributed by atoms with Gasteiger partial charge >= 0.3 is 17.8 Å². The number of carbonyl (C=O) groups is 2. The molecule has 0 spiro atoms. The van der Waals surface area contributed by atoms with Crippen LogP contribution in [0.4, 0.5) is 9.59 Å². The van der Waals surface area contributed by atoms with Crippen LogP contribution in [0.25, 0.3) is 10.2 Å². The van der Waals surface area contributed by atoms with Gasteiger partial charge in [0, 0.05) is 18.0 Å². The second kappa shape index (κ2) is 9.18. The number of primary amides is 1. The van der Waals surface area contributed by atoms with Gasteiger partial charge in [-0.25, -0.2) is 24.4 Å². The van der Waals surface area contributed by atoms with Crippen molar-refractivity contribution >= 4 is 33.7 Å². The molecule has 182 valence electrons. The number of hydrazine groups is 1. The highest BCUT2D eigenvalue weighted by molar-refractivity contribution is 7.18. The van der Waals surface area contributed by atoms with E-state index in [1.807, 2.05) is 0 Å². The van der Waals surface area contributed by atoms with Crippen LogP contribution in [-0.4, -0.2) is 54.6 Å². The number of aromatic nitrogens is 2. The van der Waals surface area contributed by atoms with Crippen LogP contribution in [0.1, 0.15) is 51.0 Å². The summed E-state index contributed by atoms with van der Waals surface area (Å²) in [5.41, 5.74) is 4.39. The molecule has 2 aromatic rings. The zero-order valence-corrected chi connectivity index (χ0v) is 20.4. The maximum Gasteiger partial charge on any atom is 0.426 e. The van der Waals surface area contributed by atoms with E-state index in [1.165, 1.54) is 15.9 Å². The number of urea groups is 1. The first-order valence-corrected chi connectivity index (χ1v) is 11.7. The molecule has 1 aliphatic heterocycles. The summed E-state index contributed by atoms with van der Waals surface area (Å²) in [7, 11) is 0. The van der Waals surface area contributed by atoms with E-state index in [4.69, 9.17) is 10.5 Å². The van der Waals surface area contributed by atoms with Crippen LogP contribution in [0.3, 0.4) is 0 Å². The van der Waals surface area contributed by atoms with E-state index in [1.54, 1.807) is 39.2 Å². The molecule has 1 saturated heterocycles. The Kier molecular flexibility index (Phi) is 6.89. The normalized spacial score (nSPS) is 16.3. The van der Waals surface area contributed by atoms with Crippen LogP contribution >= 0.6 is 11.3 Å². The number of rotatable bonds is 5. The third-order valence-electron chi connectivity index (χ3n) is 5.73. The molecule has 3 amide bonds. The molecule has 1 atom stereocenters. The number of nitrogens with zero attached hydrogens (tertiary/aromatic N) is 4. The molecule has 1 fully saturated rings. The fourth-order valence-electron chi connectivity index (χ4n) is 4.16. The minimum atomic E-state index is -1.33. The standard InChI is InChI=1S/C21H31N5O6S/c1-6-23-16(27)15-12(2)14(11-25(18(22)28)26(20(30)31)21(3,4)5)33-17(15)24(19(23)29)10-13-8-7-9-32-13/h13H,6-11H2,1-5H3,(H2,22,28)(H,30,31). The summed E-state index contributed by atoms with van der Waals surface area (Å²) in [6.07, 6.45) is 0.287. The Morgan fingerprint density at radius 2 is 1.94 bits per heavy atom. The largest absolute Gasteiger partial charge is 0.464 e. The van der Waals surface area contributed by atoms with Crippen LogP contribution in [0.5, 0.6) is 0 Å². The summed E-state index contributed by atoms with van der Waals surface area (Å²) < 4.78 is 8.46. The van der Waals surface area contributed by atoms with Crippen LogP contribution in [0.15, 0.2) is 9.59 Å². The molecule has 0 aromatic carbocycles. The number of aryl methyl sites for hydroxylation is 1. The monoisotopic (exact) mass is 481 g/mol. The molecule has 3 rings (SSSR count). The van der Waals surface area contributed by atoms with Gasteiger partial charge in [-0.05, 0) is 53.0 Å². The lowest BCUT2D eigenvalue weighted by atomic mass is 10.1. The number of amides is 3. The van der Waals surface area contributed by atoms with Gasteiger partial charge in [-0.2, -0.15) is 0 Å². The van der Waals surface area contributed by atoms with Gasteiger partial charge in [-0.1, -0.05) is 0 Å². The van der Waals surface area contributed by atoms with Crippen molar-refractivity contribution in [3.63, 3.8) is 0 Å². The van der Waals surface area contributed by atoms with Gasteiger partial charge in [-0.3, -0.25) is 13.9 Å². The number of carboxylic acid groups (broad SMARTS) is 1. The molecule has 1 unspecified atom stereocenters. The zero-order valence-electron chi connectivity index (χ0n) is 19.6. The number of fused-ring (bicyclic) bond motifs is 1. The predicted molar refractivity (Wildman–Crippen MR) is 124 cm³/mol. The molecule has 11 nitrogen and oxygen atoms in total. The number of hydrogen-bond acceptors (Lipinski definition) is 6. The van der Waals surface area contributed by atoms with E-state index < -0.39 is 28.9 Å². The van der Waals surface area contributed by atoms with E-state index >= 15 is 0 Å². The number of ether oxygens (including phenoxy) is 1. The Balaban J connectivity index is 2.18. The second-order valence-corrected chi connectivity index (χ2v) is 10.2. The highest BCUT2D eigenvalue weighted by Gasteiger charge is 2.35. The van der Waals surface area contributed by atoms with Gasteiger partial charge in [0.25, 0.3) is 5.56 Å². The summed E-state index contributed by atoms with van der Waals surface area (Å²) in [6.45, 7) is 9.43. The SMILES string of the molecule is CCn1c(=O)c2c(C)c(CN(C(N)=O)N(C(=O)O)C(C)(C)C)sc2n(CC2CCCO2)c1=O. The first-order chi connectivity index (χ1) is 15.4. The van der Waals surface area contributed by atoms with Crippen LogP contribution < -0.4 is 17.0 Å². The Morgan fingerprint density at radius 3 is 2.42 bits per heavy atom. The highest BCUT2D eigenvalue weighted by atomic mass is 32.1. The molecule has 33 heavy (non-hydrogen) atoms. The van der Waals surface area contributed by atoms with Crippen molar-refractivity contribution in [2.45, 2.75) is 78.7 Å².